The molecule has 3 aromatic carbocycles. The van der Waals surface area contributed by atoms with Crippen molar-refractivity contribution in [2.75, 3.05) is 10.6 Å². The Morgan fingerprint density at radius 1 is 0.917 bits per heavy atom. The summed E-state index contributed by atoms with van der Waals surface area (Å²) in [6.07, 6.45) is 0.979. The topological polar surface area (TPSA) is 41.1 Å². The molecule has 24 heavy (non-hydrogen) atoms. The Morgan fingerprint density at radius 2 is 1.71 bits per heavy atom. The second kappa shape index (κ2) is 7.18. The van der Waals surface area contributed by atoms with Crippen LogP contribution in [0.2, 0.25) is 0 Å². The molecule has 1 atom stereocenters. The maximum Gasteiger partial charge on any atom is 0.246 e. The summed E-state index contributed by atoms with van der Waals surface area (Å²) in [4.78, 5) is 12.4. The molecule has 3 aromatic rings. The van der Waals surface area contributed by atoms with E-state index in [4.69, 9.17) is 0 Å². The first-order valence-corrected chi connectivity index (χ1v) is 8.31. The number of hydrogen-bond donors (Lipinski definition) is 2. The molecule has 0 bridgehead atoms. The van der Waals surface area contributed by atoms with Crippen molar-refractivity contribution in [3.8, 4) is 0 Å². The minimum atomic E-state index is -0.316. The number of rotatable bonds is 5. The number of aryl methyl sites for hydroxylation is 1. The van der Waals surface area contributed by atoms with Crippen molar-refractivity contribution in [3.05, 3.63) is 72.3 Å². The number of nitrogens with one attached hydrogen (secondary N) is 2. The fraction of sp³-hybridized carbons (Fsp3) is 0.190. The fourth-order valence-electron chi connectivity index (χ4n) is 2.71. The van der Waals surface area contributed by atoms with Gasteiger partial charge in [0.05, 0.1) is 0 Å². The Morgan fingerprint density at radius 3 is 2.50 bits per heavy atom. The molecule has 0 saturated heterocycles. The first-order valence-electron chi connectivity index (χ1n) is 8.31. The van der Waals surface area contributed by atoms with Gasteiger partial charge in [0, 0.05) is 11.4 Å². The van der Waals surface area contributed by atoms with Crippen LogP contribution in [0, 0.1) is 0 Å². The number of fused-ring (bicyclic) bond motifs is 1. The summed E-state index contributed by atoms with van der Waals surface area (Å²) >= 11 is 0. The van der Waals surface area contributed by atoms with E-state index in [2.05, 4.69) is 35.8 Å². The molecule has 0 radical (unpaired) electrons. The van der Waals surface area contributed by atoms with Gasteiger partial charge in [0.2, 0.25) is 5.91 Å². The predicted molar refractivity (Wildman–Crippen MR) is 101 cm³/mol. The number of anilines is 2. The van der Waals surface area contributed by atoms with E-state index >= 15 is 0 Å². The van der Waals surface area contributed by atoms with Crippen LogP contribution in [0.25, 0.3) is 10.8 Å². The third-order valence-electron chi connectivity index (χ3n) is 4.13. The third-order valence-corrected chi connectivity index (χ3v) is 4.13. The molecule has 2 N–H and O–H groups in total. The lowest BCUT2D eigenvalue weighted by molar-refractivity contribution is -0.116. The van der Waals surface area contributed by atoms with Crippen LogP contribution in [0.15, 0.2) is 66.7 Å². The number of carbonyl (C=O) groups excluding carboxylic acids is 1. The zero-order valence-corrected chi connectivity index (χ0v) is 14.0. The first-order chi connectivity index (χ1) is 11.7. The zero-order valence-electron chi connectivity index (χ0n) is 14.0. The van der Waals surface area contributed by atoms with E-state index in [9.17, 15) is 4.79 Å². The summed E-state index contributed by atoms with van der Waals surface area (Å²) in [5.41, 5.74) is 3.03. The summed E-state index contributed by atoms with van der Waals surface area (Å²) in [5, 5.41) is 8.53. The van der Waals surface area contributed by atoms with Crippen LogP contribution in [-0.2, 0) is 11.2 Å². The number of carbonyl (C=O) groups is 1. The van der Waals surface area contributed by atoms with E-state index in [1.54, 1.807) is 0 Å². The van der Waals surface area contributed by atoms with Gasteiger partial charge in [-0.2, -0.15) is 0 Å². The highest BCUT2D eigenvalue weighted by molar-refractivity contribution is 5.98. The highest BCUT2D eigenvalue weighted by Crippen LogP contribution is 2.19. The van der Waals surface area contributed by atoms with Crippen LogP contribution in [0.5, 0.6) is 0 Å². The molecule has 0 aliphatic heterocycles. The van der Waals surface area contributed by atoms with Gasteiger partial charge >= 0.3 is 0 Å². The summed E-state index contributed by atoms with van der Waals surface area (Å²) in [6, 6.07) is 21.9. The largest absolute Gasteiger partial charge is 0.374 e. The third kappa shape index (κ3) is 3.74. The molecule has 0 aliphatic rings. The van der Waals surface area contributed by atoms with Crippen LogP contribution in [0.1, 0.15) is 19.4 Å². The summed E-state index contributed by atoms with van der Waals surface area (Å²) in [6.45, 7) is 3.99. The Balaban J connectivity index is 1.68. The van der Waals surface area contributed by atoms with E-state index < -0.39 is 0 Å². The summed E-state index contributed by atoms with van der Waals surface area (Å²) in [7, 11) is 0. The molecule has 1 amide bonds. The monoisotopic (exact) mass is 318 g/mol. The lowest BCUT2D eigenvalue weighted by Crippen LogP contribution is -2.31. The molecule has 3 rings (SSSR count). The summed E-state index contributed by atoms with van der Waals surface area (Å²) in [5.74, 6) is -0.0489. The quantitative estimate of drug-likeness (QED) is 0.706. The maximum absolute atomic E-state index is 12.4. The second-order valence-corrected chi connectivity index (χ2v) is 5.97. The van der Waals surface area contributed by atoms with Crippen molar-refractivity contribution >= 4 is 28.1 Å². The van der Waals surface area contributed by atoms with Gasteiger partial charge in [0.25, 0.3) is 0 Å². The maximum atomic E-state index is 12.4. The molecule has 0 saturated carbocycles. The van der Waals surface area contributed by atoms with Crippen molar-refractivity contribution in [3.63, 3.8) is 0 Å². The van der Waals surface area contributed by atoms with Crippen LogP contribution in [0.4, 0.5) is 11.4 Å². The molecule has 3 nitrogen and oxygen atoms in total. The van der Waals surface area contributed by atoms with Gasteiger partial charge in [-0.05, 0) is 53.9 Å². The lowest BCUT2D eigenvalue weighted by Gasteiger charge is -2.16. The molecule has 0 spiro atoms. The van der Waals surface area contributed by atoms with Crippen molar-refractivity contribution in [2.24, 2.45) is 0 Å². The Kier molecular flexibility index (Phi) is 4.80. The molecular weight excluding hydrogens is 296 g/mol. The van der Waals surface area contributed by atoms with Crippen LogP contribution in [0.3, 0.4) is 0 Å². The summed E-state index contributed by atoms with van der Waals surface area (Å²) < 4.78 is 0. The van der Waals surface area contributed by atoms with Crippen LogP contribution >= 0.6 is 0 Å². The van der Waals surface area contributed by atoms with Crippen molar-refractivity contribution in [1.82, 2.24) is 0 Å². The Hall–Kier alpha value is -2.81. The first kappa shape index (κ1) is 16.1. The van der Waals surface area contributed by atoms with E-state index in [1.165, 1.54) is 5.56 Å². The van der Waals surface area contributed by atoms with E-state index in [1.807, 2.05) is 55.5 Å². The molecule has 0 aromatic heterocycles. The average Bonchev–Trinajstić information content (AvgIpc) is 2.61. The Labute approximate surface area is 142 Å². The van der Waals surface area contributed by atoms with E-state index in [-0.39, 0.29) is 11.9 Å². The second-order valence-electron chi connectivity index (χ2n) is 5.97. The average molecular weight is 318 g/mol. The predicted octanol–water partition coefficient (Wildman–Crippen LogP) is 4.84. The standard InChI is InChI=1S/C21H22N2O/c1-3-16-7-6-10-19(13-16)22-15(2)21(24)23-20-12-11-17-8-4-5-9-18(17)14-20/h4-15,22H,3H2,1-2H3,(H,23,24)/t15-/m0/s1. The van der Waals surface area contributed by atoms with Gasteiger partial charge in [-0.1, -0.05) is 49.4 Å². The zero-order chi connectivity index (χ0) is 16.9. The van der Waals surface area contributed by atoms with Crippen molar-refractivity contribution < 1.29 is 4.79 Å². The molecule has 0 heterocycles. The minimum absolute atomic E-state index is 0.0489. The van der Waals surface area contributed by atoms with Gasteiger partial charge in [0.15, 0.2) is 0 Å². The molecule has 0 unspecified atom stereocenters. The van der Waals surface area contributed by atoms with Crippen molar-refractivity contribution in [2.45, 2.75) is 26.3 Å². The molecule has 3 heteroatoms. The normalized spacial score (nSPS) is 11.9. The fourth-order valence-corrected chi connectivity index (χ4v) is 2.71. The van der Waals surface area contributed by atoms with Crippen LogP contribution in [-0.4, -0.2) is 11.9 Å². The number of benzene rings is 3. The van der Waals surface area contributed by atoms with Gasteiger partial charge < -0.3 is 10.6 Å². The van der Waals surface area contributed by atoms with Gasteiger partial charge in [-0.25, -0.2) is 0 Å². The Bertz CT molecular complexity index is 857. The molecule has 0 fully saturated rings. The number of hydrogen-bond acceptors (Lipinski definition) is 2. The van der Waals surface area contributed by atoms with E-state index in [0.717, 1.165) is 28.6 Å². The van der Waals surface area contributed by atoms with Gasteiger partial charge in [0.1, 0.15) is 6.04 Å². The molecular formula is C21H22N2O. The highest BCUT2D eigenvalue weighted by atomic mass is 16.2. The molecule has 0 aliphatic carbocycles. The van der Waals surface area contributed by atoms with Crippen molar-refractivity contribution in [1.29, 1.82) is 0 Å². The SMILES string of the molecule is CCc1cccc(N[C@@H](C)C(=O)Nc2ccc3ccccc3c2)c1. The molecule has 122 valence electrons. The highest BCUT2D eigenvalue weighted by Gasteiger charge is 2.13. The minimum Gasteiger partial charge on any atom is -0.374 e. The van der Waals surface area contributed by atoms with Gasteiger partial charge in [-0.3, -0.25) is 4.79 Å². The smallest absolute Gasteiger partial charge is 0.246 e. The number of amides is 1. The van der Waals surface area contributed by atoms with Crippen LogP contribution < -0.4 is 10.6 Å². The lowest BCUT2D eigenvalue weighted by atomic mass is 10.1. The van der Waals surface area contributed by atoms with Gasteiger partial charge in [-0.15, -0.1) is 0 Å². The van der Waals surface area contributed by atoms with E-state index in [0.29, 0.717) is 0 Å².